The lowest BCUT2D eigenvalue weighted by Crippen LogP contribution is -1.84. The second-order valence-electron chi connectivity index (χ2n) is 4.81. The second-order valence-corrected chi connectivity index (χ2v) is 5.66. The van der Waals surface area contributed by atoms with E-state index in [4.69, 9.17) is 4.42 Å². The fourth-order valence-corrected chi connectivity index (χ4v) is 3.12. The van der Waals surface area contributed by atoms with Crippen LogP contribution in [-0.2, 0) is 0 Å². The molecule has 0 aliphatic carbocycles. The molecule has 21 heavy (non-hydrogen) atoms. The predicted octanol–water partition coefficient (Wildman–Crippen LogP) is 5.12. The van der Waals surface area contributed by atoms with E-state index in [0.717, 1.165) is 26.4 Å². The fraction of sp³-hybridized carbons (Fsp3) is 0. The van der Waals surface area contributed by atoms with Gasteiger partial charge in [0.1, 0.15) is 11.3 Å². The lowest BCUT2D eigenvalue weighted by molar-refractivity contribution is 0.476. The SMILES string of the molecule is Oc1ccc2oc3ncc(Br)c(-c4ccccc4)c3c2c1. The van der Waals surface area contributed by atoms with Gasteiger partial charge in [-0.1, -0.05) is 30.3 Å². The van der Waals surface area contributed by atoms with Crippen molar-refractivity contribution in [3.8, 4) is 16.9 Å². The van der Waals surface area contributed by atoms with E-state index in [1.54, 1.807) is 24.4 Å². The van der Waals surface area contributed by atoms with Gasteiger partial charge in [0.2, 0.25) is 5.71 Å². The first-order valence-electron chi connectivity index (χ1n) is 6.49. The summed E-state index contributed by atoms with van der Waals surface area (Å²) in [6.45, 7) is 0. The van der Waals surface area contributed by atoms with Crippen LogP contribution in [0.15, 0.2) is 63.6 Å². The van der Waals surface area contributed by atoms with E-state index in [-0.39, 0.29) is 5.75 Å². The summed E-state index contributed by atoms with van der Waals surface area (Å²) in [5, 5.41) is 11.5. The Balaban J connectivity index is 2.21. The Morgan fingerprint density at radius 2 is 1.86 bits per heavy atom. The lowest BCUT2D eigenvalue weighted by Gasteiger charge is -2.06. The van der Waals surface area contributed by atoms with Crippen molar-refractivity contribution in [1.82, 2.24) is 4.98 Å². The Bertz CT molecular complexity index is 961. The van der Waals surface area contributed by atoms with Crippen molar-refractivity contribution in [1.29, 1.82) is 0 Å². The quantitative estimate of drug-likeness (QED) is 0.523. The summed E-state index contributed by atoms with van der Waals surface area (Å²) in [5.74, 6) is 0.212. The molecular weight excluding hydrogens is 330 g/mol. The van der Waals surface area contributed by atoms with E-state index in [9.17, 15) is 5.11 Å². The van der Waals surface area contributed by atoms with Crippen LogP contribution in [0.25, 0.3) is 33.2 Å². The van der Waals surface area contributed by atoms with E-state index in [0.29, 0.717) is 11.3 Å². The maximum Gasteiger partial charge on any atom is 0.227 e. The van der Waals surface area contributed by atoms with Crippen molar-refractivity contribution in [2.75, 3.05) is 0 Å². The van der Waals surface area contributed by atoms with Crippen LogP contribution in [0.2, 0.25) is 0 Å². The highest BCUT2D eigenvalue weighted by molar-refractivity contribution is 9.10. The third kappa shape index (κ3) is 1.91. The van der Waals surface area contributed by atoms with E-state index < -0.39 is 0 Å². The Labute approximate surface area is 129 Å². The number of pyridine rings is 1. The summed E-state index contributed by atoms with van der Waals surface area (Å²) < 4.78 is 6.68. The number of halogens is 1. The zero-order valence-electron chi connectivity index (χ0n) is 10.9. The van der Waals surface area contributed by atoms with Gasteiger partial charge in [-0.2, -0.15) is 0 Å². The predicted molar refractivity (Wildman–Crippen MR) is 86.3 cm³/mol. The molecule has 0 saturated heterocycles. The van der Waals surface area contributed by atoms with Crippen molar-refractivity contribution in [3.05, 3.63) is 59.2 Å². The molecule has 0 bridgehead atoms. The van der Waals surface area contributed by atoms with Crippen LogP contribution in [0, 0.1) is 0 Å². The molecule has 4 aromatic rings. The molecule has 0 saturated carbocycles. The van der Waals surface area contributed by atoms with E-state index in [1.807, 2.05) is 30.3 Å². The van der Waals surface area contributed by atoms with Crippen LogP contribution in [0.3, 0.4) is 0 Å². The molecule has 2 aromatic carbocycles. The molecule has 102 valence electrons. The third-order valence-corrected chi connectivity index (χ3v) is 4.10. The second kappa shape index (κ2) is 4.60. The van der Waals surface area contributed by atoms with Crippen molar-refractivity contribution in [3.63, 3.8) is 0 Å². The Kier molecular flexibility index (Phi) is 2.72. The first-order valence-corrected chi connectivity index (χ1v) is 7.28. The summed E-state index contributed by atoms with van der Waals surface area (Å²) in [7, 11) is 0. The highest BCUT2D eigenvalue weighted by Crippen LogP contribution is 2.40. The van der Waals surface area contributed by atoms with Crippen LogP contribution in [0.4, 0.5) is 0 Å². The molecule has 0 aliphatic rings. The van der Waals surface area contributed by atoms with Gasteiger partial charge in [-0.3, -0.25) is 0 Å². The van der Waals surface area contributed by atoms with Gasteiger partial charge in [-0.05, 0) is 39.7 Å². The van der Waals surface area contributed by atoms with Gasteiger partial charge < -0.3 is 9.52 Å². The normalized spacial score (nSPS) is 11.3. The molecule has 0 spiro atoms. The minimum atomic E-state index is 0.212. The molecule has 1 N–H and O–H groups in total. The van der Waals surface area contributed by atoms with Crippen molar-refractivity contribution in [2.45, 2.75) is 0 Å². The van der Waals surface area contributed by atoms with Crippen LogP contribution in [0.5, 0.6) is 5.75 Å². The van der Waals surface area contributed by atoms with Crippen molar-refractivity contribution >= 4 is 38.0 Å². The smallest absolute Gasteiger partial charge is 0.227 e. The fourth-order valence-electron chi connectivity index (χ4n) is 2.59. The summed E-state index contributed by atoms with van der Waals surface area (Å²) in [5.41, 5.74) is 3.37. The molecule has 4 rings (SSSR count). The number of aromatic nitrogens is 1. The first kappa shape index (κ1) is 12.4. The van der Waals surface area contributed by atoms with Crippen molar-refractivity contribution in [2.24, 2.45) is 0 Å². The summed E-state index contributed by atoms with van der Waals surface area (Å²) >= 11 is 3.58. The lowest BCUT2D eigenvalue weighted by atomic mass is 10.0. The van der Waals surface area contributed by atoms with Crippen molar-refractivity contribution < 1.29 is 9.52 Å². The van der Waals surface area contributed by atoms with E-state index in [2.05, 4.69) is 20.9 Å². The molecule has 2 aromatic heterocycles. The van der Waals surface area contributed by atoms with Crippen LogP contribution >= 0.6 is 15.9 Å². The minimum Gasteiger partial charge on any atom is -0.508 e. The molecule has 0 unspecified atom stereocenters. The van der Waals surface area contributed by atoms with Crippen LogP contribution in [0.1, 0.15) is 0 Å². The van der Waals surface area contributed by atoms with Gasteiger partial charge in [-0.25, -0.2) is 4.98 Å². The number of hydrogen-bond acceptors (Lipinski definition) is 3. The number of fused-ring (bicyclic) bond motifs is 3. The van der Waals surface area contributed by atoms with Crippen LogP contribution < -0.4 is 0 Å². The topological polar surface area (TPSA) is 46.3 Å². The third-order valence-electron chi connectivity index (χ3n) is 3.50. The number of aromatic hydroxyl groups is 1. The standard InChI is InChI=1S/C17H10BrNO2/c18-13-9-19-17-16(15(13)10-4-2-1-3-5-10)12-8-11(20)6-7-14(12)21-17/h1-9,20H. The summed E-state index contributed by atoms with van der Waals surface area (Å²) in [6.07, 6.45) is 1.74. The number of phenols is 1. The average molecular weight is 340 g/mol. The first-order chi connectivity index (χ1) is 10.2. The van der Waals surface area contributed by atoms with E-state index >= 15 is 0 Å². The van der Waals surface area contributed by atoms with Gasteiger partial charge >= 0.3 is 0 Å². The molecule has 2 heterocycles. The van der Waals surface area contributed by atoms with Gasteiger partial charge in [0.15, 0.2) is 0 Å². The number of furan rings is 1. The highest BCUT2D eigenvalue weighted by Gasteiger charge is 2.16. The average Bonchev–Trinajstić information content (AvgIpc) is 2.86. The summed E-state index contributed by atoms with van der Waals surface area (Å²) in [6, 6.07) is 15.1. The molecule has 0 aliphatic heterocycles. The molecule has 0 amide bonds. The minimum absolute atomic E-state index is 0.212. The maximum atomic E-state index is 9.77. The highest BCUT2D eigenvalue weighted by atomic mass is 79.9. The molecule has 4 heteroatoms. The van der Waals surface area contributed by atoms with E-state index in [1.165, 1.54) is 0 Å². The Morgan fingerprint density at radius 1 is 1.05 bits per heavy atom. The number of rotatable bonds is 1. The van der Waals surface area contributed by atoms with Crippen LogP contribution in [-0.4, -0.2) is 10.1 Å². The molecular formula is C17H10BrNO2. The number of hydrogen-bond donors (Lipinski definition) is 1. The van der Waals surface area contributed by atoms with Gasteiger partial charge in [0.05, 0.1) is 5.39 Å². The number of benzene rings is 2. The molecule has 0 fully saturated rings. The van der Waals surface area contributed by atoms with Gasteiger partial charge in [0.25, 0.3) is 0 Å². The number of phenolic OH excluding ortho intramolecular Hbond substituents is 1. The monoisotopic (exact) mass is 339 g/mol. The maximum absolute atomic E-state index is 9.77. The molecule has 3 nitrogen and oxygen atoms in total. The zero-order chi connectivity index (χ0) is 14.4. The Hall–Kier alpha value is -2.33. The van der Waals surface area contributed by atoms with Gasteiger partial charge in [0, 0.05) is 21.6 Å². The summed E-state index contributed by atoms with van der Waals surface area (Å²) in [4.78, 5) is 4.34. The Morgan fingerprint density at radius 3 is 2.67 bits per heavy atom. The molecule has 0 radical (unpaired) electrons. The largest absolute Gasteiger partial charge is 0.508 e. The zero-order valence-corrected chi connectivity index (χ0v) is 12.5. The van der Waals surface area contributed by atoms with Gasteiger partial charge in [-0.15, -0.1) is 0 Å². The molecule has 0 atom stereocenters. The number of nitrogens with zero attached hydrogens (tertiary/aromatic N) is 1.